The van der Waals surface area contributed by atoms with Crippen molar-refractivity contribution in [2.24, 2.45) is 0 Å². The molecule has 0 radical (unpaired) electrons. The zero-order valence-electron chi connectivity index (χ0n) is 13.8. The average Bonchev–Trinajstić information content (AvgIpc) is 3.41. The molecule has 4 aromatic rings. The fraction of sp³-hybridized carbons (Fsp3) is 0.176. The van der Waals surface area contributed by atoms with Gasteiger partial charge in [0.1, 0.15) is 17.9 Å². The van der Waals surface area contributed by atoms with Gasteiger partial charge in [-0.3, -0.25) is 4.79 Å². The van der Waals surface area contributed by atoms with Crippen molar-refractivity contribution in [3.05, 3.63) is 60.8 Å². The van der Waals surface area contributed by atoms with Gasteiger partial charge in [-0.05, 0) is 24.3 Å². The Bertz CT molecular complexity index is 991. The minimum Gasteiger partial charge on any atom is -0.467 e. The molecule has 9 nitrogen and oxygen atoms in total. The molecule has 0 aliphatic heterocycles. The standard InChI is InChI=1S/C17H16N6O3/c24-17(14-4-2-8-26-14)18-5-6-23-16-13(10-22-23)15(20-11-21-16)19-9-12-3-1-7-25-12/h1-4,7-8,10-11H,5-6,9H2,(H,18,24)(H,19,20,21). The number of hydrogen-bond acceptors (Lipinski definition) is 7. The highest BCUT2D eigenvalue weighted by atomic mass is 16.3. The maximum atomic E-state index is 11.9. The molecular weight excluding hydrogens is 336 g/mol. The van der Waals surface area contributed by atoms with Gasteiger partial charge in [0.25, 0.3) is 5.91 Å². The summed E-state index contributed by atoms with van der Waals surface area (Å²) in [5.41, 5.74) is 0.689. The van der Waals surface area contributed by atoms with Crippen molar-refractivity contribution in [3.8, 4) is 0 Å². The van der Waals surface area contributed by atoms with Crippen LogP contribution in [0.2, 0.25) is 0 Å². The van der Waals surface area contributed by atoms with Crippen LogP contribution in [0.1, 0.15) is 16.3 Å². The Balaban J connectivity index is 1.42. The van der Waals surface area contributed by atoms with E-state index < -0.39 is 0 Å². The molecule has 0 aromatic carbocycles. The lowest BCUT2D eigenvalue weighted by atomic mass is 10.3. The van der Waals surface area contributed by atoms with E-state index in [0.717, 1.165) is 11.1 Å². The molecule has 0 spiro atoms. The lowest BCUT2D eigenvalue weighted by molar-refractivity contribution is 0.0924. The Morgan fingerprint density at radius 1 is 1.15 bits per heavy atom. The summed E-state index contributed by atoms with van der Waals surface area (Å²) in [6.45, 7) is 1.39. The number of nitrogens with one attached hydrogen (secondary N) is 2. The van der Waals surface area contributed by atoms with Crippen LogP contribution in [0, 0.1) is 0 Å². The number of carbonyl (C=O) groups excluding carboxylic acids is 1. The number of nitrogens with zero attached hydrogens (tertiary/aromatic N) is 4. The second kappa shape index (κ2) is 7.09. The summed E-state index contributed by atoms with van der Waals surface area (Å²) in [6.07, 6.45) is 6.27. The first kappa shape index (κ1) is 15.9. The number of rotatable bonds is 7. The largest absolute Gasteiger partial charge is 0.467 e. The number of furan rings is 2. The normalized spacial score (nSPS) is 10.9. The number of carbonyl (C=O) groups is 1. The molecule has 0 fully saturated rings. The van der Waals surface area contributed by atoms with Gasteiger partial charge < -0.3 is 19.5 Å². The molecule has 0 aliphatic carbocycles. The van der Waals surface area contributed by atoms with Gasteiger partial charge in [0, 0.05) is 6.54 Å². The number of anilines is 1. The second-order valence-electron chi connectivity index (χ2n) is 5.49. The first-order chi connectivity index (χ1) is 12.8. The van der Waals surface area contributed by atoms with Crippen LogP contribution in [0.5, 0.6) is 0 Å². The van der Waals surface area contributed by atoms with Gasteiger partial charge in [-0.25, -0.2) is 14.6 Å². The minimum atomic E-state index is -0.262. The third-order valence-corrected chi connectivity index (χ3v) is 3.80. The molecule has 0 bridgehead atoms. The predicted molar refractivity (Wildman–Crippen MR) is 92.4 cm³/mol. The third-order valence-electron chi connectivity index (χ3n) is 3.80. The van der Waals surface area contributed by atoms with E-state index in [9.17, 15) is 4.79 Å². The molecule has 4 aromatic heterocycles. The van der Waals surface area contributed by atoms with Crippen molar-refractivity contribution in [2.45, 2.75) is 13.1 Å². The van der Waals surface area contributed by atoms with Crippen LogP contribution in [-0.4, -0.2) is 32.2 Å². The van der Waals surface area contributed by atoms with E-state index in [4.69, 9.17) is 8.83 Å². The first-order valence-electron chi connectivity index (χ1n) is 8.06. The molecule has 0 aliphatic rings. The number of amides is 1. The number of hydrogen-bond donors (Lipinski definition) is 2. The molecule has 0 saturated heterocycles. The molecule has 0 unspecified atom stereocenters. The highest BCUT2D eigenvalue weighted by Crippen LogP contribution is 2.19. The minimum absolute atomic E-state index is 0.262. The van der Waals surface area contributed by atoms with Gasteiger partial charge in [-0.1, -0.05) is 0 Å². The number of aromatic nitrogens is 4. The highest BCUT2D eigenvalue weighted by Gasteiger charge is 2.11. The van der Waals surface area contributed by atoms with E-state index >= 15 is 0 Å². The van der Waals surface area contributed by atoms with Crippen molar-refractivity contribution < 1.29 is 13.6 Å². The van der Waals surface area contributed by atoms with Crippen molar-refractivity contribution in [1.29, 1.82) is 0 Å². The van der Waals surface area contributed by atoms with Crippen LogP contribution in [-0.2, 0) is 13.1 Å². The molecule has 0 atom stereocenters. The fourth-order valence-electron chi connectivity index (χ4n) is 2.55. The van der Waals surface area contributed by atoms with Crippen LogP contribution in [0.15, 0.2) is 58.2 Å². The van der Waals surface area contributed by atoms with Gasteiger partial charge in [0.2, 0.25) is 0 Å². The quantitative estimate of drug-likeness (QED) is 0.523. The summed E-state index contributed by atoms with van der Waals surface area (Å²) >= 11 is 0. The Morgan fingerprint density at radius 2 is 2.04 bits per heavy atom. The van der Waals surface area contributed by atoms with Crippen molar-refractivity contribution in [2.75, 3.05) is 11.9 Å². The second-order valence-corrected chi connectivity index (χ2v) is 5.49. The Hall–Kier alpha value is -3.62. The monoisotopic (exact) mass is 352 g/mol. The Labute approximate surface area is 148 Å². The molecular formula is C17H16N6O3. The van der Waals surface area contributed by atoms with Crippen molar-refractivity contribution in [3.63, 3.8) is 0 Å². The van der Waals surface area contributed by atoms with Crippen LogP contribution in [0.4, 0.5) is 5.82 Å². The predicted octanol–water partition coefficient (Wildman–Crippen LogP) is 2.05. The summed E-state index contributed by atoms with van der Waals surface area (Å²) in [5.74, 6) is 1.51. The summed E-state index contributed by atoms with van der Waals surface area (Å²) in [6, 6.07) is 7.01. The molecule has 1 amide bonds. The zero-order valence-corrected chi connectivity index (χ0v) is 13.8. The third kappa shape index (κ3) is 3.27. The van der Waals surface area contributed by atoms with Crippen LogP contribution in [0.25, 0.3) is 11.0 Å². The number of fused-ring (bicyclic) bond motifs is 1. The van der Waals surface area contributed by atoms with Gasteiger partial charge in [0.15, 0.2) is 11.4 Å². The SMILES string of the molecule is O=C(NCCn1ncc2c(NCc3ccco3)ncnc21)c1ccco1. The molecule has 26 heavy (non-hydrogen) atoms. The smallest absolute Gasteiger partial charge is 0.287 e. The fourth-order valence-corrected chi connectivity index (χ4v) is 2.55. The zero-order chi connectivity index (χ0) is 17.8. The van der Waals surface area contributed by atoms with E-state index in [1.54, 1.807) is 29.3 Å². The topological polar surface area (TPSA) is 111 Å². The molecule has 9 heteroatoms. The van der Waals surface area contributed by atoms with Crippen molar-refractivity contribution >= 4 is 22.8 Å². The van der Waals surface area contributed by atoms with Gasteiger partial charge >= 0.3 is 0 Å². The van der Waals surface area contributed by atoms with E-state index in [1.165, 1.54) is 12.6 Å². The highest BCUT2D eigenvalue weighted by molar-refractivity contribution is 5.91. The van der Waals surface area contributed by atoms with Crippen LogP contribution < -0.4 is 10.6 Å². The van der Waals surface area contributed by atoms with E-state index in [1.807, 2.05) is 12.1 Å². The van der Waals surface area contributed by atoms with Gasteiger partial charge in [-0.2, -0.15) is 5.10 Å². The van der Waals surface area contributed by atoms with E-state index in [0.29, 0.717) is 31.1 Å². The Kier molecular flexibility index (Phi) is 4.33. The summed E-state index contributed by atoms with van der Waals surface area (Å²) < 4.78 is 12.1. The van der Waals surface area contributed by atoms with Gasteiger partial charge in [-0.15, -0.1) is 0 Å². The Morgan fingerprint density at radius 3 is 2.85 bits per heavy atom. The van der Waals surface area contributed by atoms with Crippen LogP contribution in [0.3, 0.4) is 0 Å². The average molecular weight is 352 g/mol. The van der Waals surface area contributed by atoms with E-state index in [2.05, 4.69) is 25.7 Å². The van der Waals surface area contributed by atoms with Crippen LogP contribution >= 0.6 is 0 Å². The summed E-state index contributed by atoms with van der Waals surface area (Å²) in [5, 5.41) is 11.1. The molecule has 4 heterocycles. The summed E-state index contributed by atoms with van der Waals surface area (Å²) in [7, 11) is 0. The first-order valence-corrected chi connectivity index (χ1v) is 8.06. The molecule has 132 valence electrons. The molecule has 0 saturated carbocycles. The van der Waals surface area contributed by atoms with E-state index in [-0.39, 0.29) is 11.7 Å². The maximum absolute atomic E-state index is 11.9. The van der Waals surface area contributed by atoms with Gasteiger partial charge in [0.05, 0.1) is 37.2 Å². The summed E-state index contributed by atoms with van der Waals surface area (Å²) in [4.78, 5) is 20.4. The van der Waals surface area contributed by atoms with Crippen molar-refractivity contribution in [1.82, 2.24) is 25.1 Å². The lowest BCUT2D eigenvalue weighted by Gasteiger charge is -2.06. The molecule has 2 N–H and O–H groups in total. The molecule has 4 rings (SSSR count). The lowest BCUT2D eigenvalue weighted by Crippen LogP contribution is -2.27. The maximum Gasteiger partial charge on any atom is 0.287 e.